The molecule has 0 aliphatic heterocycles. The van der Waals surface area contributed by atoms with Crippen LogP contribution in [0.25, 0.3) is 0 Å². The molecular formula is C12H19FN2O3S. The molecule has 0 aromatic heterocycles. The van der Waals surface area contributed by atoms with E-state index < -0.39 is 15.8 Å². The van der Waals surface area contributed by atoms with Crippen molar-refractivity contribution in [2.24, 2.45) is 0 Å². The quantitative estimate of drug-likeness (QED) is 0.805. The lowest BCUT2D eigenvalue weighted by molar-refractivity contribution is 0.0737. The highest BCUT2D eigenvalue weighted by molar-refractivity contribution is 7.89. The summed E-state index contributed by atoms with van der Waals surface area (Å²) in [6.07, 6.45) is 0.0235. The first-order valence-electron chi connectivity index (χ1n) is 5.88. The molecule has 1 aromatic carbocycles. The van der Waals surface area contributed by atoms with Gasteiger partial charge in [0.15, 0.2) is 0 Å². The number of nitrogens with zero attached hydrogens (tertiary/aromatic N) is 1. The van der Waals surface area contributed by atoms with Crippen LogP contribution in [0, 0.1) is 5.82 Å². The highest BCUT2D eigenvalue weighted by atomic mass is 32.2. The third-order valence-corrected chi connectivity index (χ3v) is 4.43. The van der Waals surface area contributed by atoms with E-state index in [1.165, 1.54) is 13.1 Å². The average molecular weight is 290 g/mol. The number of anilines is 1. The molecule has 0 aliphatic carbocycles. The molecule has 0 atom stereocenters. The molecule has 1 rings (SSSR count). The summed E-state index contributed by atoms with van der Waals surface area (Å²) in [5, 5.41) is 0. The van der Waals surface area contributed by atoms with Gasteiger partial charge in [-0.2, -0.15) is 4.31 Å². The lowest BCUT2D eigenvalue weighted by Crippen LogP contribution is -2.31. The van der Waals surface area contributed by atoms with Crippen LogP contribution in [0.4, 0.5) is 10.1 Å². The Morgan fingerprint density at radius 3 is 2.63 bits per heavy atom. The Balaban J connectivity index is 2.88. The summed E-state index contributed by atoms with van der Waals surface area (Å²) >= 11 is 0. The zero-order valence-corrected chi connectivity index (χ0v) is 12.1. The van der Waals surface area contributed by atoms with Crippen LogP contribution in [0.15, 0.2) is 23.1 Å². The predicted molar refractivity (Wildman–Crippen MR) is 71.7 cm³/mol. The van der Waals surface area contributed by atoms with Crippen molar-refractivity contribution in [2.75, 3.05) is 25.9 Å². The summed E-state index contributed by atoms with van der Waals surface area (Å²) in [4.78, 5) is -0.223. The van der Waals surface area contributed by atoms with Crippen molar-refractivity contribution < 1.29 is 17.5 Å². The number of nitrogens with two attached hydrogens (primary N) is 1. The van der Waals surface area contributed by atoms with Gasteiger partial charge in [0.1, 0.15) is 10.7 Å². The van der Waals surface area contributed by atoms with Gasteiger partial charge < -0.3 is 10.5 Å². The van der Waals surface area contributed by atoms with E-state index in [1.54, 1.807) is 0 Å². The maximum absolute atomic E-state index is 13.1. The monoisotopic (exact) mass is 290 g/mol. The second-order valence-corrected chi connectivity index (χ2v) is 6.44. The van der Waals surface area contributed by atoms with Crippen molar-refractivity contribution in [1.82, 2.24) is 4.31 Å². The second-order valence-electron chi connectivity index (χ2n) is 4.43. The second kappa shape index (κ2) is 6.31. The van der Waals surface area contributed by atoms with Crippen LogP contribution in [0.3, 0.4) is 0 Å². The molecule has 0 bridgehead atoms. The minimum atomic E-state index is -3.80. The summed E-state index contributed by atoms with van der Waals surface area (Å²) < 4.78 is 43.9. The van der Waals surface area contributed by atoms with Gasteiger partial charge in [0.05, 0.1) is 18.4 Å². The fraction of sp³-hybridized carbons (Fsp3) is 0.500. The van der Waals surface area contributed by atoms with Crippen molar-refractivity contribution in [3.63, 3.8) is 0 Å². The minimum Gasteiger partial charge on any atom is -0.398 e. The number of ether oxygens (including phenoxy) is 1. The number of benzene rings is 1. The van der Waals surface area contributed by atoms with Gasteiger partial charge >= 0.3 is 0 Å². The van der Waals surface area contributed by atoms with E-state index in [1.807, 2.05) is 13.8 Å². The lowest BCUT2D eigenvalue weighted by Gasteiger charge is -2.19. The summed E-state index contributed by atoms with van der Waals surface area (Å²) in [5.74, 6) is -0.639. The van der Waals surface area contributed by atoms with Crippen LogP contribution in [0.5, 0.6) is 0 Å². The Morgan fingerprint density at radius 1 is 1.42 bits per heavy atom. The fourth-order valence-electron chi connectivity index (χ4n) is 1.44. The molecule has 0 amide bonds. The summed E-state index contributed by atoms with van der Waals surface area (Å²) in [7, 11) is -2.40. The van der Waals surface area contributed by atoms with Gasteiger partial charge in [-0.05, 0) is 32.0 Å². The minimum absolute atomic E-state index is 0.0235. The Bertz CT molecular complexity index is 532. The molecule has 0 saturated carbocycles. The Kier molecular flexibility index (Phi) is 5.28. The highest BCUT2D eigenvalue weighted by Gasteiger charge is 2.23. The molecule has 108 valence electrons. The van der Waals surface area contributed by atoms with Crippen molar-refractivity contribution in [1.29, 1.82) is 0 Å². The van der Waals surface area contributed by atoms with Crippen LogP contribution in [-0.4, -0.2) is 39.0 Å². The maximum Gasteiger partial charge on any atom is 0.245 e. The molecule has 0 saturated heterocycles. The van der Waals surface area contributed by atoms with Crippen LogP contribution < -0.4 is 5.73 Å². The van der Waals surface area contributed by atoms with Gasteiger partial charge in [0.25, 0.3) is 0 Å². The SMILES string of the molecule is CC(C)OCCN(C)S(=O)(=O)c1cc(F)ccc1N. The number of hydrogen-bond acceptors (Lipinski definition) is 4. The van der Waals surface area contributed by atoms with Gasteiger partial charge in [0.2, 0.25) is 10.0 Å². The summed E-state index contributed by atoms with van der Waals surface area (Å²) in [6.45, 7) is 4.16. The van der Waals surface area contributed by atoms with Crippen molar-refractivity contribution >= 4 is 15.7 Å². The molecule has 5 nitrogen and oxygen atoms in total. The Hall–Kier alpha value is -1.18. The predicted octanol–water partition coefficient (Wildman–Crippen LogP) is 1.45. The number of likely N-dealkylation sites (N-methyl/N-ethyl adjacent to an activating group) is 1. The zero-order valence-electron chi connectivity index (χ0n) is 11.3. The van der Waals surface area contributed by atoms with Crippen molar-refractivity contribution in [3.05, 3.63) is 24.0 Å². The van der Waals surface area contributed by atoms with E-state index in [4.69, 9.17) is 10.5 Å². The van der Waals surface area contributed by atoms with E-state index in [0.717, 1.165) is 16.4 Å². The molecule has 1 aromatic rings. The van der Waals surface area contributed by atoms with E-state index >= 15 is 0 Å². The Morgan fingerprint density at radius 2 is 2.05 bits per heavy atom. The first kappa shape index (κ1) is 15.9. The van der Waals surface area contributed by atoms with Crippen LogP contribution in [-0.2, 0) is 14.8 Å². The molecule has 0 spiro atoms. The van der Waals surface area contributed by atoms with Gasteiger partial charge in [-0.1, -0.05) is 0 Å². The fourth-order valence-corrected chi connectivity index (χ4v) is 2.71. The molecule has 0 unspecified atom stereocenters. The number of sulfonamides is 1. The van der Waals surface area contributed by atoms with Crippen molar-refractivity contribution in [3.8, 4) is 0 Å². The molecule has 0 aliphatic rings. The highest BCUT2D eigenvalue weighted by Crippen LogP contribution is 2.22. The van der Waals surface area contributed by atoms with Gasteiger partial charge in [-0.15, -0.1) is 0 Å². The molecule has 0 heterocycles. The normalized spacial score (nSPS) is 12.3. The average Bonchev–Trinajstić information content (AvgIpc) is 2.31. The lowest BCUT2D eigenvalue weighted by atomic mass is 10.3. The third-order valence-electron chi connectivity index (χ3n) is 2.52. The maximum atomic E-state index is 13.1. The van der Waals surface area contributed by atoms with Gasteiger partial charge in [-0.25, -0.2) is 12.8 Å². The van der Waals surface area contributed by atoms with Crippen LogP contribution in [0.2, 0.25) is 0 Å². The molecule has 0 radical (unpaired) electrons. The standard InChI is InChI=1S/C12H19FN2O3S/c1-9(2)18-7-6-15(3)19(16,17)12-8-10(13)4-5-11(12)14/h4-5,8-9H,6-7,14H2,1-3H3. The van der Waals surface area contributed by atoms with Crippen LogP contribution >= 0.6 is 0 Å². The zero-order chi connectivity index (χ0) is 14.6. The largest absolute Gasteiger partial charge is 0.398 e. The number of hydrogen-bond donors (Lipinski definition) is 1. The van der Waals surface area contributed by atoms with Gasteiger partial charge in [-0.3, -0.25) is 0 Å². The van der Waals surface area contributed by atoms with Crippen molar-refractivity contribution in [2.45, 2.75) is 24.8 Å². The molecule has 0 fully saturated rings. The smallest absolute Gasteiger partial charge is 0.245 e. The molecule has 2 N–H and O–H groups in total. The first-order chi connectivity index (χ1) is 8.75. The number of rotatable bonds is 6. The van der Waals surface area contributed by atoms with E-state index in [-0.39, 0.29) is 29.8 Å². The van der Waals surface area contributed by atoms with Gasteiger partial charge in [0, 0.05) is 13.6 Å². The summed E-state index contributed by atoms with van der Waals surface area (Å²) in [5.41, 5.74) is 5.61. The first-order valence-corrected chi connectivity index (χ1v) is 7.32. The Labute approximate surface area is 113 Å². The topological polar surface area (TPSA) is 72.6 Å². The third kappa shape index (κ3) is 4.15. The summed E-state index contributed by atoms with van der Waals surface area (Å²) in [6, 6.07) is 3.28. The van der Waals surface area contributed by atoms with E-state index in [0.29, 0.717) is 0 Å². The molecule has 19 heavy (non-hydrogen) atoms. The van der Waals surface area contributed by atoms with E-state index in [2.05, 4.69) is 0 Å². The number of nitrogen functional groups attached to an aromatic ring is 1. The number of halogens is 1. The molecule has 7 heteroatoms. The van der Waals surface area contributed by atoms with Crippen LogP contribution in [0.1, 0.15) is 13.8 Å². The van der Waals surface area contributed by atoms with E-state index in [9.17, 15) is 12.8 Å². The molecular weight excluding hydrogens is 271 g/mol.